The van der Waals surface area contributed by atoms with E-state index < -0.39 is 27.9 Å². The molecule has 0 spiro atoms. The first-order valence-corrected chi connectivity index (χ1v) is 8.90. The normalized spacial score (nSPS) is 18.2. The molecule has 1 atom stereocenters. The Hall–Kier alpha value is -1.93. The lowest BCUT2D eigenvalue weighted by Crippen LogP contribution is -2.40. The standard InChI is InChI=1S/C15H20N2O5S/c1-3-16-23(21,22)11-7-6-10(2)12(9-11)14(18)17-8-4-5-13(17)15(19)20/h6-7,9,13,16H,3-5,8H2,1-2H3,(H,19,20). The maximum atomic E-state index is 12.7. The summed E-state index contributed by atoms with van der Waals surface area (Å²) < 4.78 is 26.5. The summed E-state index contributed by atoms with van der Waals surface area (Å²) in [7, 11) is -3.67. The van der Waals surface area contributed by atoms with Crippen LogP contribution in [0.5, 0.6) is 0 Å². The molecule has 0 saturated carbocycles. The molecule has 0 aromatic heterocycles. The number of benzene rings is 1. The van der Waals surface area contributed by atoms with Crippen molar-refractivity contribution >= 4 is 21.9 Å². The summed E-state index contributed by atoms with van der Waals surface area (Å²) in [5.41, 5.74) is 0.832. The first-order chi connectivity index (χ1) is 10.8. The van der Waals surface area contributed by atoms with E-state index in [2.05, 4.69) is 4.72 Å². The van der Waals surface area contributed by atoms with Gasteiger partial charge in [0.05, 0.1) is 4.90 Å². The second kappa shape index (κ2) is 6.67. The third kappa shape index (κ3) is 3.53. The minimum atomic E-state index is -3.67. The van der Waals surface area contributed by atoms with E-state index in [4.69, 9.17) is 0 Å². The number of hydrogen-bond donors (Lipinski definition) is 2. The highest BCUT2D eigenvalue weighted by molar-refractivity contribution is 7.89. The molecule has 1 heterocycles. The van der Waals surface area contributed by atoms with E-state index in [1.165, 1.54) is 17.0 Å². The molecule has 0 aliphatic carbocycles. The third-order valence-electron chi connectivity index (χ3n) is 3.88. The molecule has 1 aromatic carbocycles. The Labute approximate surface area is 135 Å². The molecule has 1 aromatic rings. The van der Waals surface area contributed by atoms with Crippen molar-refractivity contribution < 1.29 is 23.1 Å². The van der Waals surface area contributed by atoms with Crippen LogP contribution < -0.4 is 4.72 Å². The predicted octanol–water partition coefficient (Wildman–Crippen LogP) is 0.982. The lowest BCUT2D eigenvalue weighted by atomic mass is 10.1. The Morgan fingerprint density at radius 3 is 2.70 bits per heavy atom. The van der Waals surface area contributed by atoms with Gasteiger partial charge in [-0.3, -0.25) is 4.79 Å². The van der Waals surface area contributed by atoms with Crippen LogP contribution in [0.15, 0.2) is 23.1 Å². The van der Waals surface area contributed by atoms with Crippen LogP contribution >= 0.6 is 0 Å². The number of carboxylic acids is 1. The van der Waals surface area contributed by atoms with E-state index in [1.54, 1.807) is 19.9 Å². The van der Waals surface area contributed by atoms with E-state index in [0.717, 1.165) is 0 Å². The molecule has 1 amide bonds. The Morgan fingerprint density at radius 2 is 2.09 bits per heavy atom. The van der Waals surface area contributed by atoms with Crippen molar-refractivity contribution in [3.8, 4) is 0 Å². The molecule has 126 valence electrons. The number of carbonyl (C=O) groups is 2. The minimum Gasteiger partial charge on any atom is -0.480 e. The molecule has 2 rings (SSSR count). The zero-order valence-corrected chi connectivity index (χ0v) is 13.9. The maximum Gasteiger partial charge on any atom is 0.326 e. The molecule has 1 fully saturated rings. The van der Waals surface area contributed by atoms with Crippen molar-refractivity contribution in [2.24, 2.45) is 0 Å². The highest BCUT2D eigenvalue weighted by Gasteiger charge is 2.35. The molecule has 1 saturated heterocycles. The van der Waals surface area contributed by atoms with Gasteiger partial charge in [0.2, 0.25) is 10.0 Å². The van der Waals surface area contributed by atoms with E-state index in [1.807, 2.05) is 0 Å². The number of nitrogens with one attached hydrogen (secondary N) is 1. The lowest BCUT2D eigenvalue weighted by Gasteiger charge is -2.22. The van der Waals surface area contributed by atoms with Crippen LogP contribution in [0.4, 0.5) is 0 Å². The van der Waals surface area contributed by atoms with Crippen molar-refractivity contribution in [3.05, 3.63) is 29.3 Å². The summed E-state index contributed by atoms with van der Waals surface area (Å²) in [6.07, 6.45) is 1.03. The van der Waals surface area contributed by atoms with Crippen LogP contribution in [0.3, 0.4) is 0 Å². The summed E-state index contributed by atoms with van der Waals surface area (Å²) in [6, 6.07) is 3.45. The van der Waals surface area contributed by atoms with Crippen molar-refractivity contribution in [2.45, 2.75) is 37.6 Å². The monoisotopic (exact) mass is 340 g/mol. The molecule has 23 heavy (non-hydrogen) atoms. The van der Waals surface area contributed by atoms with Crippen molar-refractivity contribution in [1.29, 1.82) is 0 Å². The van der Waals surface area contributed by atoms with Gasteiger partial charge in [0.1, 0.15) is 6.04 Å². The molecule has 1 aliphatic heterocycles. The number of likely N-dealkylation sites (tertiary alicyclic amines) is 1. The highest BCUT2D eigenvalue weighted by atomic mass is 32.2. The van der Waals surface area contributed by atoms with Crippen LogP contribution in [-0.2, 0) is 14.8 Å². The number of sulfonamides is 1. The maximum absolute atomic E-state index is 12.7. The van der Waals surface area contributed by atoms with Crippen molar-refractivity contribution in [3.63, 3.8) is 0 Å². The number of aliphatic carboxylic acids is 1. The molecular weight excluding hydrogens is 320 g/mol. The highest BCUT2D eigenvalue weighted by Crippen LogP contribution is 2.23. The fraction of sp³-hybridized carbons (Fsp3) is 0.467. The molecule has 0 bridgehead atoms. The van der Waals surface area contributed by atoms with E-state index in [9.17, 15) is 23.1 Å². The third-order valence-corrected chi connectivity index (χ3v) is 5.43. The number of hydrogen-bond acceptors (Lipinski definition) is 4. The fourth-order valence-corrected chi connectivity index (χ4v) is 3.76. The Bertz CT molecular complexity index is 729. The van der Waals surface area contributed by atoms with Gasteiger partial charge in [0.15, 0.2) is 0 Å². The zero-order chi connectivity index (χ0) is 17.2. The smallest absolute Gasteiger partial charge is 0.326 e. The Kier molecular flexibility index (Phi) is 5.06. The topological polar surface area (TPSA) is 104 Å². The number of rotatable bonds is 5. The first kappa shape index (κ1) is 17.4. The molecule has 7 nitrogen and oxygen atoms in total. The Morgan fingerprint density at radius 1 is 1.39 bits per heavy atom. The number of nitrogens with zero attached hydrogens (tertiary/aromatic N) is 1. The van der Waals surface area contributed by atoms with Crippen molar-refractivity contribution in [2.75, 3.05) is 13.1 Å². The van der Waals surface area contributed by atoms with Crippen LogP contribution in [0.25, 0.3) is 0 Å². The molecule has 1 aliphatic rings. The van der Waals surface area contributed by atoms with Crippen LogP contribution in [0.2, 0.25) is 0 Å². The SMILES string of the molecule is CCNS(=O)(=O)c1ccc(C)c(C(=O)N2CCCC2C(=O)O)c1. The summed E-state index contributed by atoms with van der Waals surface area (Å²) >= 11 is 0. The minimum absolute atomic E-state index is 0.000582. The summed E-state index contributed by atoms with van der Waals surface area (Å²) in [5.74, 6) is -1.48. The number of aryl methyl sites for hydroxylation is 1. The first-order valence-electron chi connectivity index (χ1n) is 7.42. The molecule has 2 N–H and O–H groups in total. The van der Waals surface area contributed by atoms with Gasteiger partial charge in [-0.2, -0.15) is 0 Å². The predicted molar refractivity (Wildman–Crippen MR) is 83.7 cm³/mol. The van der Waals surface area contributed by atoms with Crippen LogP contribution in [-0.4, -0.2) is 49.4 Å². The largest absolute Gasteiger partial charge is 0.480 e. The summed E-state index contributed by atoms with van der Waals surface area (Å²) in [4.78, 5) is 25.2. The quantitative estimate of drug-likeness (QED) is 0.831. The van der Waals surface area contributed by atoms with Gasteiger partial charge in [0.25, 0.3) is 5.91 Å². The molecule has 1 unspecified atom stereocenters. The summed E-state index contributed by atoms with van der Waals surface area (Å²) in [5, 5.41) is 9.20. The second-order valence-corrected chi connectivity index (χ2v) is 7.24. The molecular formula is C15H20N2O5S. The Balaban J connectivity index is 2.39. The van der Waals surface area contributed by atoms with Crippen molar-refractivity contribution in [1.82, 2.24) is 9.62 Å². The molecule has 0 radical (unpaired) electrons. The lowest BCUT2D eigenvalue weighted by molar-refractivity contribution is -0.141. The van der Waals surface area contributed by atoms with E-state index in [-0.39, 0.29) is 17.0 Å². The van der Waals surface area contributed by atoms with Crippen LogP contribution in [0, 0.1) is 6.92 Å². The van der Waals surface area contributed by atoms with Gasteiger partial charge in [0, 0.05) is 18.7 Å². The van der Waals surface area contributed by atoms with Crippen LogP contribution in [0.1, 0.15) is 35.7 Å². The summed E-state index contributed by atoms with van der Waals surface area (Å²) in [6.45, 7) is 3.97. The number of amides is 1. The number of carboxylic acid groups (broad SMARTS) is 1. The van der Waals surface area contributed by atoms with E-state index >= 15 is 0 Å². The van der Waals surface area contributed by atoms with Gasteiger partial charge in [-0.1, -0.05) is 13.0 Å². The fourth-order valence-electron chi connectivity index (χ4n) is 2.69. The second-order valence-electron chi connectivity index (χ2n) is 5.47. The average Bonchev–Trinajstić information content (AvgIpc) is 2.96. The molecule has 8 heteroatoms. The van der Waals surface area contributed by atoms with E-state index in [0.29, 0.717) is 24.9 Å². The van der Waals surface area contributed by atoms with Gasteiger partial charge in [-0.25, -0.2) is 17.9 Å². The van der Waals surface area contributed by atoms with Gasteiger partial charge < -0.3 is 10.0 Å². The van der Waals surface area contributed by atoms with Gasteiger partial charge in [-0.05, 0) is 37.5 Å². The van der Waals surface area contributed by atoms with Gasteiger partial charge in [-0.15, -0.1) is 0 Å². The zero-order valence-electron chi connectivity index (χ0n) is 13.1. The van der Waals surface area contributed by atoms with Gasteiger partial charge >= 0.3 is 5.97 Å². The number of carbonyl (C=O) groups excluding carboxylic acids is 1. The average molecular weight is 340 g/mol.